The molecule has 2 rings (SSSR count). The van der Waals surface area contributed by atoms with Crippen molar-refractivity contribution in [2.75, 3.05) is 23.7 Å². The topological polar surface area (TPSA) is 29.3 Å². The van der Waals surface area contributed by atoms with E-state index in [0.717, 1.165) is 18.8 Å². The Labute approximate surface area is 112 Å². The highest BCUT2D eigenvalue weighted by atomic mass is 35.5. The molecule has 16 heavy (non-hydrogen) atoms. The van der Waals surface area contributed by atoms with E-state index < -0.39 is 0 Å². The first-order valence-electron chi connectivity index (χ1n) is 5.18. The maximum absolute atomic E-state index is 6.16. The van der Waals surface area contributed by atoms with Gasteiger partial charge in [0.15, 0.2) is 0 Å². The number of hydrogen-bond acceptors (Lipinski definition) is 2. The third-order valence-electron chi connectivity index (χ3n) is 2.71. The van der Waals surface area contributed by atoms with Gasteiger partial charge in [-0.3, -0.25) is 0 Å². The summed E-state index contributed by atoms with van der Waals surface area (Å²) in [5.74, 6) is 0. The summed E-state index contributed by atoms with van der Waals surface area (Å²) in [4.78, 5) is 2.24. The van der Waals surface area contributed by atoms with Crippen molar-refractivity contribution >= 4 is 47.0 Å². The summed E-state index contributed by atoms with van der Waals surface area (Å²) >= 11 is 12.3. The van der Waals surface area contributed by atoms with E-state index in [2.05, 4.69) is 4.90 Å². The highest BCUT2D eigenvalue weighted by molar-refractivity contribution is 6.39. The van der Waals surface area contributed by atoms with Crippen LogP contribution in [0.15, 0.2) is 12.1 Å². The van der Waals surface area contributed by atoms with Crippen molar-refractivity contribution in [3.8, 4) is 0 Å². The molecule has 0 saturated carbocycles. The molecule has 0 spiro atoms. The van der Waals surface area contributed by atoms with Crippen molar-refractivity contribution in [2.45, 2.75) is 19.3 Å². The Kier molecular flexibility index (Phi) is 5.03. The van der Waals surface area contributed by atoms with E-state index in [-0.39, 0.29) is 12.4 Å². The molecule has 0 atom stereocenters. The van der Waals surface area contributed by atoms with Gasteiger partial charge in [-0.05, 0) is 31.4 Å². The summed E-state index contributed by atoms with van der Waals surface area (Å²) in [5.41, 5.74) is 7.22. The second-order valence-corrected chi connectivity index (χ2v) is 4.70. The van der Waals surface area contributed by atoms with Crippen LogP contribution in [0, 0.1) is 0 Å². The minimum atomic E-state index is 0. The first kappa shape index (κ1) is 13.8. The third-order valence-corrected chi connectivity index (χ3v) is 3.29. The van der Waals surface area contributed by atoms with Crippen LogP contribution in [-0.4, -0.2) is 13.1 Å². The fourth-order valence-corrected chi connectivity index (χ4v) is 2.75. The number of nitrogens with two attached hydrogens (primary N) is 1. The standard InChI is InChI=1S/C11H14Cl2N2.ClH/c12-9-6-8(14)7-10(13)11(9)15-4-2-1-3-5-15;/h6-7H,1-5,14H2;1H. The van der Waals surface area contributed by atoms with Crippen LogP contribution in [0.5, 0.6) is 0 Å². The molecule has 0 amide bonds. The third kappa shape index (κ3) is 2.88. The van der Waals surface area contributed by atoms with Gasteiger partial charge in [0, 0.05) is 18.8 Å². The van der Waals surface area contributed by atoms with Crippen LogP contribution in [0.25, 0.3) is 0 Å². The van der Waals surface area contributed by atoms with Crippen LogP contribution in [0.4, 0.5) is 11.4 Å². The second-order valence-electron chi connectivity index (χ2n) is 3.88. The Morgan fingerprint density at radius 1 is 1.00 bits per heavy atom. The molecule has 2 N–H and O–H groups in total. The van der Waals surface area contributed by atoms with E-state index in [1.807, 2.05) is 0 Å². The van der Waals surface area contributed by atoms with Crippen LogP contribution >= 0.6 is 35.6 Å². The highest BCUT2D eigenvalue weighted by Crippen LogP contribution is 2.37. The summed E-state index contributed by atoms with van der Waals surface area (Å²) in [6.07, 6.45) is 3.70. The molecule has 1 heterocycles. The SMILES string of the molecule is Cl.Nc1cc(Cl)c(N2CCCCC2)c(Cl)c1. The van der Waals surface area contributed by atoms with Crippen molar-refractivity contribution in [1.29, 1.82) is 0 Å². The van der Waals surface area contributed by atoms with Gasteiger partial charge in [-0.2, -0.15) is 0 Å². The van der Waals surface area contributed by atoms with Crippen LogP contribution in [0.3, 0.4) is 0 Å². The van der Waals surface area contributed by atoms with Crippen LogP contribution in [0.1, 0.15) is 19.3 Å². The zero-order valence-corrected chi connectivity index (χ0v) is 11.2. The molecular formula is C11H15Cl3N2. The van der Waals surface area contributed by atoms with Gasteiger partial charge >= 0.3 is 0 Å². The summed E-state index contributed by atoms with van der Waals surface area (Å²) in [7, 11) is 0. The minimum Gasteiger partial charge on any atom is -0.399 e. The number of hydrogen-bond donors (Lipinski definition) is 1. The van der Waals surface area contributed by atoms with Crippen molar-refractivity contribution in [1.82, 2.24) is 0 Å². The zero-order chi connectivity index (χ0) is 10.8. The molecule has 0 unspecified atom stereocenters. The minimum absolute atomic E-state index is 0. The lowest BCUT2D eigenvalue weighted by Gasteiger charge is -2.30. The van der Waals surface area contributed by atoms with Gasteiger partial charge in [0.25, 0.3) is 0 Å². The summed E-state index contributed by atoms with van der Waals surface area (Å²) in [5, 5.41) is 1.31. The normalized spacial score (nSPS) is 15.8. The smallest absolute Gasteiger partial charge is 0.0746 e. The predicted molar refractivity (Wildman–Crippen MR) is 74.2 cm³/mol. The average Bonchev–Trinajstić information content (AvgIpc) is 2.17. The van der Waals surface area contributed by atoms with Crippen molar-refractivity contribution in [3.05, 3.63) is 22.2 Å². The quantitative estimate of drug-likeness (QED) is 0.789. The Morgan fingerprint density at radius 2 is 1.50 bits per heavy atom. The fraction of sp³-hybridized carbons (Fsp3) is 0.455. The van der Waals surface area contributed by atoms with Crippen molar-refractivity contribution in [3.63, 3.8) is 0 Å². The molecule has 1 aromatic carbocycles. The van der Waals surface area contributed by atoms with Gasteiger partial charge in [-0.1, -0.05) is 23.2 Å². The van der Waals surface area contributed by atoms with Crippen LogP contribution in [0.2, 0.25) is 10.0 Å². The molecule has 90 valence electrons. The molecule has 0 radical (unpaired) electrons. The molecule has 0 aliphatic carbocycles. The van der Waals surface area contributed by atoms with E-state index in [0.29, 0.717) is 15.7 Å². The Balaban J connectivity index is 0.00000128. The number of benzene rings is 1. The molecular weight excluding hydrogens is 266 g/mol. The zero-order valence-electron chi connectivity index (χ0n) is 8.88. The Morgan fingerprint density at radius 3 is 2.00 bits per heavy atom. The largest absolute Gasteiger partial charge is 0.399 e. The van der Waals surface area contributed by atoms with E-state index in [4.69, 9.17) is 28.9 Å². The maximum atomic E-state index is 6.16. The summed E-state index contributed by atoms with van der Waals surface area (Å²) < 4.78 is 0. The first-order chi connectivity index (χ1) is 7.18. The van der Waals surface area contributed by atoms with Crippen LogP contribution in [-0.2, 0) is 0 Å². The molecule has 1 aliphatic rings. The Hall–Kier alpha value is -0.310. The summed E-state index contributed by atoms with van der Waals surface area (Å²) in [6, 6.07) is 3.52. The molecule has 1 fully saturated rings. The molecule has 5 heteroatoms. The number of rotatable bonds is 1. The Bertz CT molecular complexity index is 339. The van der Waals surface area contributed by atoms with Gasteiger partial charge < -0.3 is 10.6 Å². The number of nitrogen functional groups attached to an aromatic ring is 1. The van der Waals surface area contributed by atoms with Gasteiger partial charge in [-0.15, -0.1) is 12.4 Å². The lowest BCUT2D eigenvalue weighted by molar-refractivity contribution is 0.578. The fourth-order valence-electron chi connectivity index (χ4n) is 2.00. The lowest BCUT2D eigenvalue weighted by Crippen LogP contribution is -2.29. The van der Waals surface area contributed by atoms with Crippen LogP contribution < -0.4 is 10.6 Å². The average molecular weight is 282 g/mol. The van der Waals surface area contributed by atoms with Gasteiger partial charge in [0.05, 0.1) is 15.7 Å². The van der Waals surface area contributed by atoms with Gasteiger partial charge in [0.1, 0.15) is 0 Å². The second kappa shape index (κ2) is 5.85. The van der Waals surface area contributed by atoms with Crippen molar-refractivity contribution < 1.29 is 0 Å². The number of nitrogens with zero attached hydrogens (tertiary/aromatic N) is 1. The van der Waals surface area contributed by atoms with E-state index in [1.54, 1.807) is 12.1 Å². The van der Waals surface area contributed by atoms with Gasteiger partial charge in [0.2, 0.25) is 0 Å². The highest BCUT2D eigenvalue weighted by Gasteiger charge is 2.17. The van der Waals surface area contributed by atoms with Gasteiger partial charge in [-0.25, -0.2) is 0 Å². The molecule has 1 aliphatic heterocycles. The summed E-state index contributed by atoms with van der Waals surface area (Å²) in [6.45, 7) is 2.06. The number of halogens is 3. The first-order valence-corrected chi connectivity index (χ1v) is 5.93. The van der Waals surface area contributed by atoms with E-state index in [1.165, 1.54) is 19.3 Å². The molecule has 0 aromatic heterocycles. The molecule has 0 bridgehead atoms. The van der Waals surface area contributed by atoms with E-state index in [9.17, 15) is 0 Å². The molecule has 2 nitrogen and oxygen atoms in total. The maximum Gasteiger partial charge on any atom is 0.0746 e. The predicted octanol–water partition coefficient (Wildman–Crippen LogP) is 3.99. The lowest BCUT2D eigenvalue weighted by atomic mass is 10.1. The monoisotopic (exact) mass is 280 g/mol. The molecule has 1 saturated heterocycles. The number of piperidine rings is 1. The number of anilines is 2. The van der Waals surface area contributed by atoms with E-state index >= 15 is 0 Å². The molecule has 1 aromatic rings. The van der Waals surface area contributed by atoms with Crippen molar-refractivity contribution in [2.24, 2.45) is 0 Å².